The van der Waals surface area contributed by atoms with E-state index in [1.54, 1.807) is 0 Å². The molecule has 0 bridgehead atoms. The molecule has 0 aromatic heterocycles. The van der Waals surface area contributed by atoms with E-state index in [2.05, 4.69) is 6.08 Å². The second-order valence-electron chi connectivity index (χ2n) is 1.33. The average molecular weight is 184 g/mol. The fraction of sp³-hybridized carbons (Fsp3) is 0.200. The summed E-state index contributed by atoms with van der Waals surface area (Å²) in [5.74, 6) is 0. The van der Waals surface area contributed by atoms with Crippen molar-refractivity contribution < 1.29 is 21.4 Å². The van der Waals surface area contributed by atoms with Crippen molar-refractivity contribution >= 4 is 0 Å². The van der Waals surface area contributed by atoms with Gasteiger partial charge in [0.15, 0.2) is 0 Å². The van der Waals surface area contributed by atoms with Gasteiger partial charge >= 0.3 is 50.2 Å². The standard InChI is InChI=1S/C5H5.H2O.Ru.H/c1-2-4-5-3-1;;;/h1-3H,4H2;1H2;;/q;;+1;/p-1. The summed E-state index contributed by atoms with van der Waals surface area (Å²) in [6, 6.07) is 0. The molecule has 1 rings (SSSR count). The van der Waals surface area contributed by atoms with E-state index in [0.717, 1.165) is 6.42 Å². The van der Waals surface area contributed by atoms with E-state index in [4.69, 9.17) is 3.93 Å². The minimum atomic E-state index is -0.597. The van der Waals surface area contributed by atoms with Gasteiger partial charge in [0.25, 0.3) is 0 Å². The Labute approximate surface area is 50.7 Å². The molecule has 2 heteroatoms. The fourth-order valence-electron chi connectivity index (χ4n) is 0.484. The predicted molar refractivity (Wildman–Crippen MR) is 25.5 cm³/mol. The summed E-state index contributed by atoms with van der Waals surface area (Å²) in [4.78, 5) is 0. The molecule has 0 heterocycles. The van der Waals surface area contributed by atoms with Crippen LogP contribution in [0.1, 0.15) is 6.42 Å². The molecular formula is C5H7ORu. The van der Waals surface area contributed by atoms with E-state index in [-0.39, 0.29) is 0 Å². The number of allylic oxidation sites excluding steroid dienone is 4. The van der Waals surface area contributed by atoms with E-state index >= 15 is 0 Å². The fourth-order valence-corrected chi connectivity index (χ4v) is 1.19. The summed E-state index contributed by atoms with van der Waals surface area (Å²) in [5.41, 5.74) is 0. The molecule has 0 atom stereocenters. The van der Waals surface area contributed by atoms with Crippen LogP contribution in [0, 0.1) is 0 Å². The zero-order valence-electron chi connectivity index (χ0n) is 3.76. The van der Waals surface area contributed by atoms with Gasteiger partial charge in [-0.1, -0.05) is 0 Å². The first-order valence-electron chi connectivity index (χ1n) is 2.08. The Morgan fingerprint density at radius 3 is 2.86 bits per heavy atom. The predicted octanol–water partition coefficient (Wildman–Crippen LogP) is 0.552. The van der Waals surface area contributed by atoms with Crippen LogP contribution in [0.3, 0.4) is 0 Å². The molecule has 1 aliphatic rings. The molecule has 0 saturated carbocycles. The van der Waals surface area contributed by atoms with Gasteiger partial charge in [0.05, 0.1) is 0 Å². The molecule has 0 unspecified atom stereocenters. The van der Waals surface area contributed by atoms with E-state index in [0.29, 0.717) is 0 Å². The van der Waals surface area contributed by atoms with Crippen LogP contribution in [-0.2, 0) is 17.5 Å². The Morgan fingerprint density at radius 1 is 1.71 bits per heavy atom. The van der Waals surface area contributed by atoms with Gasteiger partial charge in [-0.15, -0.1) is 0 Å². The topological polar surface area (TPSA) is 20.2 Å². The second-order valence-corrected chi connectivity index (χ2v) is 2.94. The summed E-state index contributed by atoms with van der Waals surface area (Å²) in [5, 5.41) is 0. The first-order valence-corrected chi connectivity index (χ1v) is 3.84. The van der Waals surface area contributed by atoms with Gasteiger partial charge in [-0.3, -0.25) is 0 Å². The van der Waals surface area contributed by atoms with E-state index in [1.807, 2.05) is 12.2 Å². The first-order chi connectivity index (χ1) is 3.43. The van der Waals surface area contributed by atoms with Gasteiger partial charge in [-0.05, 0) is 0 Å². The van der Waals surface area contributed by atoms with Crippen LogP contribution in [0.4, 0.5) is 0 Å². The number of hydrogen-bond acceptors (Lipinski definition) is 1. The summed E-state index contributed by atoms with van der Waals surface area (Å²) in [6.07, 6.45) is 7.04. The van der Waals surface area contributed by atoms with Crippen LogP contribution in [0.2, 0.25) is 0 Å². The van der Waals surface area contributed by atoms with Gasteiger partial charge in [-0.2, -0.15) is 0 Å². The summed E-state index contributed by atoms with van der Waals surface area (Å²) in [6.45, 7) is 0. The summed E-state index contributed by atoms with van der Waals surface area (Å²) < 4.78 is 9.79. The summed E-state index contributed by atoms with van der Waals surface area (Å²) >= 11 is -0.597. The Kier molecular flexibility index (Phi) is 1.78. The van der Waals surface area contributed by atoms with Crippen molar-refractivity contribution in [3.05, 3.63) is 22.4 Å². The maximum absolute atomic E-state index is 8.57. The van der Waals surface area contributed by atoms with Gasteiger partial charge in [-0.25, -0.2) is 0 Å². The SMILES string of the molecule is [OH][RuH][C]1=CC=CC1. The number of hydrogen-bond donors (Lipinski definition) is 1. The van der Waals surface area contributed by atoms with Crippen molar-refractivity contribution in [2.75, 3.05) is 0 Å². The Morgan fingerprint density at radius 2 is 2.57 bits per heavy atom. The van der Waals surface area contributed by atoms with E-state index < -0.39 is 17.5 Å². The summed E-state index contributed by atoms with van der Waals surface area (Å²) in [7, 11) is 0. The van der Waals surface area contributed by atoms with Crippen LogP contribution in [0.5, 0.6) is 0 Å². The van der Waals surface area contributed by atoms with Crippen LogP contribution >= 0.6 is 0 Å². The van der Waals surface area contributed by atoms with Crippen molar-refractivity contribution in [3.63, 3.8) is 0 Å². The van der Waals surface area contributed by atoms with Crippen molar-refractivity contribution in [1.29, 1.82) is 0 Å². The molecule has 1 N–H and O–H groups in total. The third-order valence-corrected chi connectivity index (χ3v) is 2.06. The van der Waals surface area contributed by atoms with Gasteiger partial charge < -0.3 is 0 Å². The average Bonchev–Trinajstić information content (AvgIpc) is 2.14. The molecule has 0 aromatic rings. The van der Waals surface area contributed by atoms with Gasteiger partial charge in [0, 0.05) is 0 Å². The Bertz CT molecular complexity index is 115. The molecular weight excluding hydrogens is 177 g/mol. The molecule has 1 nitrogen and oxygen atoms in total. The zero-order valence-corrected chi connectivity index (χ0v) is 5.62. The molecule has 41 valence electrons. The molecule has 0 aromatic carbocycles. The van der Waals surface area contributed by atoms with Crippen molar-refractivity contribution in [3.8, 4) is 0 Å². The first kappa shape index (κ1) is 5.20. The van der Waals surface area contributed by atoms with Crippen molar-refractivity contribution in [2.24, 2.45) is 0 Å². The monoisotopic (exact) mass is 185 g/mol. The van der Waals surface area contributed by atoms with Crippen molar-refractivity contribution in [2.45, 2.75) is 6.42 Å². The Balaban J connectivity index is 2.45. The van der Waals surface area contributed by atoms with Crippen LogP contribution in [0.15, 0.2) is 22.4 Å². The Hall–Kier alpha value is 0.0634. The van der Waals surface area contributed by atoms with E-state index in [1.165, 1.54) is 4.17 Å². The van der Waals surface area contributed by atoms with Crippen molar-refractivity contribution in [1.82, 2.24) is 0 Å². The molecule has 0 spiro atoms. The third kappa shape index (κ3) is 1.22. The van der Waals surface area contributed by atoms with Gasteiger partial charge in [0.2, 0.25) is 0 Å². The maximum atomic E-state index is 8.57. The zero-order chi connectivity index (χ0) is 5.11. The molecule has 0 aliphatic heterocycles. The van der Waals surface area contributed by atoms with Crippen LogP contribution in [-0.4, -0.2) is 3.93 Å². The minimum absolute atomic E-state index is 0.597. The van der Waals surface area contributed by atoms with E-state index in [9.17, 15) is 0 Å². The van der Waals surface area contributed by atoms with Crippen LogP contribution < -0.4 is 0 Å². The molecule has 0 radical (unpaired) electrons. The number of rotatable bonds is 1. The second kappa shape index (κ2) is 2.39. The molecule has 0 fully saturated rings. The molecule has 1 aliphatic carbocycles. The molecule has 0 saturated heterocycles. The molecule has 7 heavy (non-hydrogen) atoms. The van der Waals surface area contributed by atoms with Crippen LogP contribution in [0.25, 0.3) is 0 Å². The van der Waals surface area contributed by atoms with Gasteiger partial charge in [0.1, 0.15) is 0 Å². The molecule has 0 amide bonds. The quantitative estimate of drug-likeness (QED) is 0.590. The third-order valence-electron chi connectivity index (χ3n) is 0.835. The normalized spacial score (nSPS) is 18.1.